The van der Waals surface area contributed by atoms with Crippen LogP contribution in [0.3, 0.4) is 0 Å². The summed E-state index contributed by atoms with van der Waals surface area (Å²) in [5.74, 6) is 1.00. The standard InChI is InChI=1S/C21H27ClN2O5S/c1-16-7-4-5-8-19(16)29-14-12-23-21(25)9-6-13-24(30(3,26)27)18-15-17(22)10-11-20(18)28-2/h4-5,7-8,10-11,15H,6,9,12-14H2,1-3H3,(H,23,25). The van der Waals surface area contributed by atoms with Crippen molar-refractivity contribution >= 4 is 33.2 Å². The highest BCUT2D eigenvalue weighted by atomic mass is 35.5. The smallest absolute Gasteiger partial charge is 0.232 e. The quantitative estimate of drug-likeness (QED) is 0.526. The molecule has 0 aliphatic rings. The Bertz CT molecular complexity index is 966. The number of aryl methyl sites for hydroxylation is 1. The van der Waals surface area contributed by atoms with Crippen molar-refractivity contribution in [3.8, 4) is 11.5 Å². The maximum Gasteiger partial charge on any atom is 0.232 e. The molecule has 0 aromatic heterocycles. The van der Waals surface area contributed by atoms with Crippen molar-refractivity contribution in [2.24, 2.45) is 0 Å². The third-order valence-electron chi connectivity index (χ3n) is 4.35. The summed E-state index contributed by atoms with van der Waals surface area (Å²) in [4.78, 5) is 12.1. The fourth-order valence-electron chi connectivity index (χ4n) is 2.86. The number of ether oxygens (including phenoxy) is 2. The summed E-state index contributed by atoms with van der Waals surface area (Å²) in [5, 5.41) is 3.17. The number of benzene rings is 2. The number of amides is 1. The minimum Gasteiger partial charge on any atom is -0.495 e. The molecule has 30 heavy (non-hydrogen) atoms. The van der Waals surface area contributed by atoms with Crippen LogP contribution in [-0.4, -0.2) is 47.4 Å². The Labute approximate surface area is 183 Å². The lowest BCUT2D eigenvalue weighted by molar-refractivity contribution is -0.121. The molecule has 7 nitrogen and oxygen atoms in total. The Balaban J connectivity index is 1.84. The Morgan fingerprint density at radius 2 is 1.90 bits per heavy atom. The van der Waals surface area contributed by atoms with Crippen LogP contribution in [0.15, 0.2) is 42.5 Å². The minimum absolute atomic E-state index is 0.128. The molecule has 0 spiro atoms. The lowest BCUT2D eigenvalue weighted by atomic mass is 10.2. The number of anilines is 1. The SMILES string of the molecule is COc1ccc(Cl)cc1N(CCCC(=O)NCCOc1ccccc1C)S(C)(=O)=O. The average Bonchev–Trinajstić information content (AvgIpc) is 2.69. The number of hydrogen-bond acceptors (Lipinski definition) is 5. The fraction of sp³-hybridized carbons (Fsp3) is 0.381. The van der Waals surface area contributed by atoms with Crippen molar-refractivity contribution in [2.45, 2.75) is 19.8 Å². The molecule has 0 atom stereocenters. The Morgan fingerprint density at radius 1 is 1.17 bits per heavy atom. The van der Waals surface area contributed by atoms with E-state index in [2.05, 4.69) is 5.32 Å². The number of para-hydroxylation sites is 1. The number of sulfonamides is 1. The number of methoxy groups -OCH3 is 1. The first kappa shape index (κ1) is 23.8. The normalized spacial score (nSPS) is 11.1. The maximum atomic E-state index is 12.3. The van der Waals surface area contributed by atoms with Crippen LogP contribution in [0.4, 0.5) is 5.69 Å². The first-order chi connectivity index (χ1) is 14.2. The van der Waals surface area contributed by atoms with E-state index in [1.807, 2.05) is 31.2 Å². The largest absolute Gasteiger partial charge is 0.495 e. The molecular formula is C21H27ClN2O5S. The number of nitrogens with one attached hydrogen (secondary N) is 1. The molecule has 2 aromatic carbocycles. The van der Waals surface area contributed by atoms with Gasteiger partial charge in [0.1, 0.15) is 18.1 Å². The van der Waals surface area contributed by atoms with E-state index in [1.165, 1.54) is 17.5 Å². The van der Waals surface area contributed by atoms with Gasteiger partial charge in [-0.2, -0.15) is 0 Å². The van der Waals surface area contributed by atoms with Crippen LogP contribution in [0.1, 0.15) is 18.4 Å². The summed E-state index contributed by atoms with van der Waals surface area (Å²) in [5.41, 5.74) is 1.38. The summed E-state index contributed by atoms with van der Waals surface area (Å²) in [6.07, 6.45) is 1.63. The number of nitrogens with zero attached hydrogens (tertiary/aromatic N) is 1. The summed E-state index contributed by atoms with van der Waals surface area (Å²) in [7, 11) is -2.12. The van der Waals surface area contributed by atoms with E-state index in [4.69, 9.17) is 21.1 Å². The summed E-state index contributed by atoms with van der Waals surface area (Å²) in [6.45, 7) is 2.80. The van der Waals surface area contributed by atoms with E-state index in [0.717, 1.165) is 17.6 Å². The lowest BCUT2D eigenvalue weighted by Gasteiger charge is -2.24. The second-order valence-electron chi connectivity index (χ2n) is 6.72. The fourth-order valence-corrected chi connectivity index (χ4v) is 3.99. The van der Waals surface area contributed by atoms with Gasteiger partial charge < -0.3 is 14.8 Å². The molecule has 0 aliphatic heterocycles. The van der Waals surface area contributed by atoms with Gasteiger partial charge in [-0.25, -0.2) is 8.42 Å². The second-order valence-corrected chi connectivity index (χ2v) is 9.06. The number of carbonyl (C=O) groups is 1. The number of carbonyl (C=O) groups excluding carboxylic acids is 1. The van der Waals surface area contributed by atoms with Gasteiger partial charge in [-0.3, -0.25) is 9.10 Å². The molecule has 1 N–H and O–H groups in total. The van der Waals surface area contributed by atoms with Gasteiger partial charge in [0.2, 0.25) is 15.9 Å². The molecule has 0 saturated heterocycles. The molecule has 0 saturated carbocycles. The van der Waals surface area contributed by atoms with Crippen LogP contribution in [0.25, 0.3) is 0 Å². The van der Waals surface area contributed by atoms with E-state index in [1.54, 1.807) is 12.1 Å². The molecule has 1 amide bonds. The van der Waals surface area contributed by atoms with Gasteiger partial charge in [-0.05, 0) is 43.2 Å². The third-order valence-corrected chi connectivity index (χ3v) is 5.77. The molecule has 0 unspecified atom stereocenters. The summed E-state index contributed by atoms with van der Waals surface area (Å²) < 4.78 is 36.6. The monoisotopic (exact) mass is 454 g/mol. The highest BCUT2D eigenvalue weighted by Crippen LogP contribution is 2.32. The van der Waals surface area contributed by atoms with Crippen LogP contribution in [0.5, 0.6) is 11.5 Å². The van der Waals surface area contributed by atoms with E-state index in [0.29, 0.717) is 36.0 Å². The predicted molar refractivity (Wildman–Crippen MR) is 119 cm³/mol. The Morgan fingerprint density at radius 3 is 2.57 bits per heavy atom. The van der Waals surface area contributed by atoms with Crippen LogP contribution in [0, 0.1) is 6.92 Å². The van der Waals surface area contributed by atoms with Crippen molar-refractivity contribution in [1.29, 1.82) is 0 Å². The molecule has 0 radical (unpaired) electrons. The van der Waals surface area contributed by atoms with Gasteiger partial charge in [0.25, 0.3) is 0 Å². The summed E-state index contributed by atoms with van der Waals surface area (Å²) >= 11 is 6.02. The molecular weight excluding hydrogens is 428 g/mol. The van der Waals surface area contributed by atoms with Gasteiger partial charge in [0.15, 0.2) is 0 Å². The Kier molecular flexibility index (Phi) is 8.80. The van der Waals surface area contributed by atoms with Gasteiger partial charge in [0, 0.05) is 18.0 Å². The molecule has 2 aromatic rings. The van der Waals surface area contributed by atoms with E-state index in [9.17, 15) is 13.2 Å². The number of rotatable bonds is 11. The zero-order chi connectivity index (χ0) is 22.1. The molecule has 0 aliphatic carbocycles. The van der Waals surface area contributed by atoms with Crippen molar-refractivity contribution in [3.63, 3.8) is 0 Å². The molecule has 0 fully saturated rings. The lowest BCUT2D eigenvalue weighted by Crippen LogP contribution is -2.33. The highest BCUT2D eigenvalue weighted by Gasteiger charge is 2.21. The second kappa shape index (κ2) is 11.1. The molecule has 2 rings (SSSR count). The van der Waals surface area contributed by atoms with Crippen LogP contribution in [-0.2, 0) is 14.8 Å². The Hall–Kier alpha value is -2.45. The van der Waals surface area contributed by atoms with Crippen molar-refractivity contribution in [3.05, 3.63) is 53.1 Å². The molecule has 9 heteroatoms. The average molecular weight is 455 g/mol. The van der Waals surface area contributed by atoms with Crippen LogP contribution >= 0.6 is 11.6 Å². The highest BCUT2D eigenvalue weighted by molar-refractivity contribution is 7.92. The molecule has 0 heterocycles. The van der Waals surface area contributed by atoms with E-state index >= 15 is 0 Å². The predicted octanol–water partition coefficient (Wildman–Crippen LogP) is 3.40. The zero-order valence-electron chi connectivity index (χ0n) is 17.4. The number of hydrogen-bond donors (Lipinski definition) is 1. The van der Waals surface area contributed by atoms with Crippen molar-refractivity contribution in [2.75, 3.05) is 37.4 Å². The van der Waals surface area contributed by atoms with Gasteiger partial charge in [-0.1, -0.05) is 29.8 Å². The topological polar surface area (TPSA) is 84.9 Å². The van der Waals surface area contributed by atoms with Crippen LogP contribution in [0.2, 0.25) is 5.02 Å². The first-order valence-corrected chi connectivity index (χ1v) is 11.7. The van der Waals surface area contributed by atoms with Crippen LogP contribution < -0.4 is 19.1 Å². The molecule has 164 valence electrons. The minimum atomic E-state index is -3.58. The van der Waals surface area contributed by atoms with Gasteiger partial charge in [0.05, 0.1) is 25.6 Å². The van der Waals surface area contributed by atoms with Crippen molar-refractivity contribution < 1.29 is 22.7 Å². The van der Waals surface area contributed by atoms with Gasteiger partial charge in [-0.15, -0.1) is 0 Å². The van der Waals surface area contributed by atoms with Crippen molar-refractivity contribution in [1.82, 2.24) is 5.32 Å². The van der Waals surface area contributed by atoms with E-state index in [-0.39, 0.29) is 18.9 Å². The third kappa shape index (κ3) is 7.11. The van der Waals surface area contributed by atoms with E-state index < -0.39 is 10.0 Å². The zero-order valence-corrected chi connectivity index (χ0v) is 18.9. The molecule has 0 bridgehead atoms. The number of halogens is 1. The van der Waals surface area contributed by atoms with Gasteiger partial charge >= 0.3 is 0 Å². The maximum absolute atomic E-state index is 12.3. The first-order valence-electron chi connectivity index (χ1n) is 9.48. The summed E-state index contributed by atoms with van der Waals surface area (Å²) in [6, 6.07) is 12.4.